The third-order valence-electron chi connectivity index (χ3n) is 4.07. The third-order valence-corrected chi connectivity index (χ3v) is 4.38. The van der Waals surface area contributed by atoms with E-state index >= 15 is 0 Å². The maximum Gasteiger partial charge on any atom is 0.407 e. The molecule has 1 aromatic carbocycles. The van der Waals surface area contributed by atoms with Crippen molar-refractivity contribution in [3.05, 3.63) is 29.0 Å². The average molecular weight is 401 g/mol. The van der Waals surface area contributed by atoms with Crippen LogP contribution < -0.4 is 15.4 Å². The standard InChI is InChI=1S/C19H26ClFN2O4/c1-19(2,3)27-18(25)23-13-6-4-12(5-7-13)22-17(24)11-26-14-8-9-15(20)16(21)10-14/h8-10,12-13H,4-7,11H2,1-3H3,(H,22,24)(H,23,25)/t12-,13-. The maximum atomic E-state index is 13.3. The second kappa shape index (κ2) is 9.26. The lowest BCUT2D eigenvalue weighted by Crippen LogP contribution is -2.45. The van der Waals surface area contributed by atoms with Crippen LogP contribution in [0.25, 0.3) is 0 Å². The number of hydrogen-bond acceptors (Lipinski definition) is 4. The number of benzene rings is 1. The molecule has 2 N–H and O–H groups in total. The molecule has 2 rings (SSSR count). The van der Waals surface area contributed by atoms with Gasteiger partial charge < -0.3 is 20.1 Å². The summed E-state index contributed by atoms with van der Waals surface area (Å²) in [5.74, 6) is -0.614. The Bertz CT molecular complexity index is 670. The van der Waals surface area contributed by atoms with Gasteiger partial charge in [-0.1, -0.05) is 11.6 Å². The smallest absolute Gasteiger partial charge is 0.407 e. The minimum atomic E-state index is -0.592. The molecule has 1 aliphatic rings. The Morgan fingerprint density at radius 3 is 2.30 bits per heavy atom. The fourth-order valence-electron chi connectivity index (χ4n) is 2.84. The summed E-state index contributed by atoms with van der Waals surface area (Å²) in [6, 6.07) is 4.10. The highest BCUT2D eigenvalue weighted by Gasteiger charge is 2.25. The van der Waals surface area contributed by atoms with E-state index in [4.69, 9.17) is 21.1 Å². The molecule has 0 unspecified atom stereocenters. The fraction of sp³-hybridized carbons (Fsp3) is 0.579. The molecule has 0 aromatic heterocycles. The Morgan fingerprint density at radius 2 is 1.74 bits per heavy atom. The first-order chi connectivity index (χ1) is 12.6. The lowest BCUT2D eigenvalue weighted by atomic mass is 9.91. The SMILES string of the molecule is CC(C)(C)OC(=O)N[C@H]1CC[C@H](NC(=O)COc2ccc(Cl)c(F)c2)CC1. The minimum Gasteiger partial charge on any atom is -0.484 e. The summed E-state index contributed by atoms with van der Waals surface area (Å²) in [6.45, 7) is 5.26. The van der Waals surface area contributed by atoms with E-state index in [-0.39, 0.29) is 35.4 Å². The van der Waals surface area contributed by atoms with Gasteiger partial charge in [0.1, 0.15) is 17.2 Å². The molecule has 1 saturated carbocycles. The molecule has 2 amide bonds. The Balaban J connectivity index is 1.68. The van der Waals surface area contributed by atoms with Crippen molar-refractivity contribution >= 4 is 23.6 Å². The van der Waals surface area contributed by atoms with Gasteiger partial charge in [-0.05, 0) is 58.6 Å². The molecule has 0 bridgehead atoms. The summed E-state index contributed by atoms with van der Waals surface area (Å²) in [5, 5.41) is 5.76. The zero-order chi connectivity index (χ0) is 20.0. The van der Waals surface area contributed by atoms with Crippen molar-refractivity contribution in [2.45, 2.75) is 64.1 Å². The predicted molar refractivity (Wildman–Crippen MR) is 100 cm³/mol. The first kappa shape index (κ1) is 21.3. The van der Waals surface area contributed by atoms with Crippen molar-refractivity contribution in [1.29, 1.82) is 0 Å². The van der Waals surface area contributed by atoms with Gasteiger partial charge in [0.2, 0.25) is 0 Å². The molecule has 0 heterocycles. The first-order valence-corrected chi connectivity index (χ1v) is 9.37. The number of amides is 2. The lowest BCUT2D eigenvalue weighted by molar-refractivity contribution is -0.124. The number of hydrogen-bond donors (Lipinski definition) is 2. The van der Waals surface area contributed by atoms with Crippen molar-refractivity contribution < 1.29 is 23.5 Å². The van der Waals surface area contributed by atoms with Crippen LogP contribution in [-0.4, -0.2) is 36.3 Å². The molecule has 0 saturated heterocycles. The van der Waals surface area contributed by atoms with Crippen molar-refractivity contribution in [1.82, 2.24) is 10.6 Å². The van der Waals surface area contributed by atoms with E-state index in [1.807, 2.05) is 20.8 Å². The van der Waals surface area contributed by atoms with Gasteiger partial charge in [-0.25, -0.2) is 9.18 Å². The second-order valence-corrected chi connectivity index (χ2v) is 8.03. The van der Waals surface area contributed by atoms with Crippen LogP contribution in [0.2, 0.25) is 5.02 Å². The quantitative estimate of drug-likeness (QED) is 0.787. The van der Waals surface area contributed by atoms with Gasteiger partial charge in [0, 0.05) is 18.2 Å². The summed E-state index contributed by atoms with van der Waals surface area (Å²) in [5.41, 5.74) is -0.526. The molecule has 1 aliphatic carbocycles. The largest absolute Gasteiger partial charge is 0.484 e. The number of alkyl carbamates (subject to hydrolysis) is 1. The van der Waals surface area contributed by atoms with Crippen LogP contribution in [0.15, 0.2) is 18.2 Å². The predicted octanol–water partition coefficient (Wildman–Crippen LogP) is 3.81. The molecule has 150 valence electrons. The summed E-state index contributed by atoms with van der Waals surface area (Å²) < 4.78 is 23.9. The maximum absolute atomic E-state index is 13.3. The van der Waals surface area contributed by atoms with Gasteiger partial charge in [-0.3, -0.25) is 4.79 Å². The molecule has 0 aliphatic heterocycles. The van der Waals surface area contributed by atoms with Crippen LogP contribution >= 0.6 is 11.6 Å². The van der Waals surface area contributed by atoms with Crippen LogP contribution in [0, 0.1) is 5.82 Å². The molecule has 27 heavy (non-hydrogen) atoms. The Morgan fingerprint density at radius 1 is 1.15 bits per heavy atom. The van der Waals surface area contributed by atoms with Crippen molar-refractivity contribution in [2.24, 2.45) is 0 Å². The molecule has 6 nitrogen and oxygen atoms in total. The van der Waals surface area contributed by atoms with Crippen LogP contribution in [0.1, 0.15) is 46.5 Å². The van der Waals surface area contributed by atoms with E-state index in [9.17, 15) is 14.0 Å². The van der Waals surface area contributed by atoms with Gasteiger partial charge in [-0.15, -0.1) is 0 Å². The van der Waals surface area contributed by atoms with Crippen LogP contribution in [0.3, 0.4) is 0 Å². The van der Waals surface area contributed by atoms with E-state index < -0.39 is 17.5 Å². The number of carbonyl (C=O) groups is 2. The number of ether oxygens (including phenoxy) is 2. The van der Waals surface area contributed by atoms with Crippen molar-refractivity contribution in [3.8, 4) is 5.75 Å². The van der Waals surface area contributed by atoms with E-state index in [2.05, 4.69) is 10.6 Å². The fourth-order valence-corrected chi connectivity index (χ4v) is 2.96. The highest BCUT2D eigenvalue weighted by atomic mass is 35.5. The van der Waals surface area contributed by atoms with Crippen molar-refractivity contribution in [2.75, 3.05) is 6.61 Å². The molecular weight excluding hydrogens is 375 g/mol. The molecule has 0 spiro atoms. The van der Waals surface area contributed by atoms with Gasteiger partial charge in [-0.2, -0.15) is 0 Å². The molecule has 0 radical (unpaired) electrons. The zero-order valence-corrected chi connectivity index (χ0v) is 16.6. The number of rotatable bonds is 5. The normalized spacial score (nSPS) is 19.9. The summed E-state index contributed by atoms with van der Waals surface area (Å²) in [4.78, 5) is 23.8. The number of carbonyl (C=O) groups excluding carboxylic acids is 2. The monoisotopic (exact) mass is 400 g/mol. The van der Waals surface area contributed by atoms with Crippen LogP contribution in [-0.2, 0) is 9.53 Å². The third kappa shape index (κ3) is 7.62. The van der Waals surface area contributed by atoms with Crippen LogP contribution in [0.4, 0.5) is 9.18 Å². The Hall–Kier alpha value is -2.02. The zero-order valence-electron chi connectivity index (χ0n) is 15.8. The van der Waals surface area contributed by atoms with E-state index in [1.165, 1.54) is 12.1 Å². The van der Waals surface area contributed by atoms with Crippen molar-refractivity contribution in [3.63, 3.8) is 0 Å². The van der Waals surface area contributed by atoms with Gasteiger partial charge in [0.05, 0.1) is 5.02 Å². The van der Waals surface area contributed by atoms with E-state index in [0.29, 0.717) is 0 Å². The summed E-state index contributed by atoms with van der Waals surface area (Å²) in [6.07, 6.45) is 2.60. The molecule has 8 heteroatoms. The molecule has 1 fully saturated rings. The highest BCUT2D eigenvalue weighted by Crippen LogP contribution is 2.21. The van der Waals surface area contributed by atoms with Gasteiger partial charge >= 0.3 is 6.09 Å². The van der Waals surface area contributed by atoms with Gasteiger partial charge in [0.15, 0.2) is 6.61 Å². The molecule has 1 aromatic rings. The lowest BCUT2D eigenvalue weighted by Gasteiger charge is -2.30. The highest BCUT2D eigenvalue weighted by molar-refractivity contribution is 6.30. The molecule has 0 atom stereocenters. The minimum absolute atomic E-state index is 0.00329. The topological polar surface area (TPSA) is 76.7 Å². The summed E-state index contributed by atoms with van der Waals surface area (Å²) in [7, 11) is 0. The van der Waals surface area contributed by atoms with E-state index in [0.717, 1.165) is 31.7 Å². The van der Waals surface area contributed by atoms with Gasteiger partial charge in [0.25, 0.3) is 5.91 Å². The number of halogens is 2. The first-order valence-electron chi connectivity index (χ1n) is 8.99. The van der Waals surface area contributed by atoms with Crippen LogP contribution in [0.5, 0.6) is 5.75 Å². The van der Waals surface area contributed by atoms with E-state index in [1.54, 1.807) is 0 Å². The Labute approximate surface area is 163 Å². The second-order valence-electron chi connectivity index (χ2n) is 7.63. The average Bonchev–Trinajstić information content (AvgIpc) is 2.56. The Kier molecular flexibility index (Phi) is 7.30. The summed E-state index contributed by atoms with van der Waals surface area (Å²) >= 11 is 5.60. The molecular formula is C19H26ClFN2O4. The number of nitrogens with one attached hydrogen (secondary N) is 2.